The zero-order valence-electron chi connectivity index (χ0n) is 9.88. The number of benzene rings is 2. The summed E-state index contributed by atoms with van der Waals surface area (Å²) in [7, 11) is 0. The molecule has 1 aromatic heterocycles. The van der Waals surface area contributed by atoms with Gasteiger partial charge in [-0.3, -0.25) is 0 Å². The average molecular weight is 430 g/mol. The van der Waals surface area contributed by atoms with Crippen LogP contribution in [0.2, 0.25) is 0 Å². The number of nitrogens with zero attached hydrogens (tertiary/aromatic N) is 1. The van der Waals surface area contributed by atoms with Gasteiger partial charge in [0.25, 0.3) is 0 Å². The number of phenols is 1. The summed E-state index contributed by atoms with van der Waals surface area (Å²) in [5.41, 5.74) is 2.58. The quantitative estimate of drug-likeness (QED) is 0.603. The van der Waals surface area contributed by atoms with Crippen molar-refractivity contribution in [2.45, 2.75) is 0 Å². The van der Waals surface area contributed by atoms with Gasteiger partial charge in [0, 0.05) is 10.9 Å². The van der Waals surface area contributed by atoms with Crippen LogP contribution in [-0.2, 0) is 0 Å². The van der Waals surface area contributed by atoms with E-state index in [0.717, 1.165) is 16.6 Å². The SMILES string of the molecule is Oc1cccc2ccc(-c3ccccc3)nc12.[PbH2]. The third kappa shape index (κ3) is 2.38. The van der Waals surface area contributed by atoms with Crippen LogP contribution in [0.4, 0.5) is 0 Å². The zero-order valence-corrected chi connectivity index (χ0v) is 15.4. The van der Waals surface area contributed by atoms with Crippen molar-refractivity contribution in [3.63, 3.8) is 0 Å². The maximum atomic E-state index is 9.78. The number of fused-ring (bicyclic) bond motifs is 1. The van der Waals surface area contributed by atoms with Crippen molar-refractivity contribution in [2.75, 3.05) is 0 Å². The fraction of sp³-hybridized carbons (Fsp3) is 0. The Labute approximate surface area is 125 Å². The molecule has 18 heavy (non-hydrogen) atoms. The summed E-state index contributed by atoms with van der Waals surface area (Å²) in [6.07, 6.45) is 0. The van der Waals surface area contributed by atoms with Crippen molar-refractivity contribution in [2.24, 2.45) is 0 Å². The van der Waals surface area contributed by atoms with E-state index in [9.17, 15) is 5.11 Å². The molecule has 3 aromatic rings. The van der Waals surface area contributed by atoms with E-state index in [1.165, 1.54) is 0 Å². The minimum absolute atomic E-state index is 0. The molecular weight excluding hydrogens is 417 g/mol. The van der Waals surface area contributed by atoms with Crippen LogP contribution in [0, 0.1) is 0 Å². The molecule has 1 N–H and O–H groups in total. The summed E-state index contributed by atoms with van der Waals surface area (Å²) in [6.45, 7) is 0. The normalized spacial score (nSPS) is 10.0. The Bertz CT molecular complexity index is 668. The van der Waals surface area contributed by atoms with E-state index in [2.05, 4.69) is 4.98 Å². The molecular formula is C15H13NOPb. The van der Waals surface area contributed by atoms with Crippen molar-refractivity contribution < 1.29 is 5.11 Å². The average Bonchev–Trinajstić information content (AvgIpc) is 2.40. The summed E-state index contributed by atoms with van der Waals surface area (Å²) >= 11 is 0. The number of aromatic hydroxyl groups is 1. The molecule has 0 bridgehead atoms. The zero-order chi connectivity index (χ0) is 11.7. The van der Waals surface area contributed by atoms with E-state index in [0.29, 0.717) is 5.52 Å². The molecule has 3 heteroatoms. The number of para-hydroxylation sites is 1. The molecule has 0 unspecified atom stereocenters. The predicted octanol–water partition coefficient (Wildman–Crippen LogP) is 2.69. The minimum atomic E-state index is 0. The molecule has 0 fully saturated rings. The second-order valence-corrected chi connectivity index (χ2v) is 3.91. The van der Waals surface area contributed by atoms with Crippen molar-refractivity contribution in [3.8, 4) is 17.0 Å². The van der Waals surface area contributed by atoms with Crippen molar-refractivity contribution in [1.29, 1.82) is 0 Å². The van der Waals surface area contributed by atoms with Gasteiger partial charge in [-0.15, -0.1) is 0 Å². The van der Waals surface area contributed by atoms with Crippen LogP contribution in [0.1, 0.15) is 0 Å². The van der Waals surface area contributed by atoms with Crippen LogP contribution < -0.4 is 0 Å². The van der Waals surface area contributed by atoms with Gasteiger partial charge in [-0.1, -0.05) is 48.5 Å². The standard InChI is InChI=1S/C15H11NO.Pb.2H/c17-14-8-4-7-12-9-10-13(16-15(12)14)11-5-2-1-3-6-11;;;/h1-10,17H;;;. The molecule has 2 nitrogen and oxygen atoms in total. The molecule has 3 rings (SSSR count). The van der Waals surface area contributed by atoms with E-state index in [4.69, 9.17) is 0 Å². The first-order valence-corrected chi connectivity index (χ1v) is 5.49. The Balaban J connectivity index is 0.00000120. The third-order valence-electron chi connectivity index (χ3n) is 2.77. The van der Waals surface area contributed by atoms with Gasteiger partial charge in [0.2, 0.25) is 0 Å². The molecule has 1 heterocycles. The molecule has 0 saturated heterocycles. The van der Waals surface area contributed by atoms with Gasteiger partial charge >= 0.3 is 27.3 Å². The summed E-state index contributed by atoms with van der Waals surface area (Å²) < 4.78 is 0. The Kier molecular flexibility index (Phi) is 3.96. The molecule has 0 aliphatic heterocycles. The Morgan fingerprint density at radius 3 is 2.33 bits per heavy atom. The number of rotatable bonds is 1. The molecule has 0 spiro atoms. The van der Waals surface area contributed by atoms with Gasteiger partial charge in [0.05, 0.1) is 5.69 Å². The van der Waals surface area contributed by atoms with Gasteiger partial charge in [-0.25, -0.2) is 4.98 Å². The van der Waals surface area contributed by atoms with Crippen LogP contribution in [-0.4, -0.2) is 37.4 Å². The molecule has 0 aliphatic rings. The van der Waals surface area contributed by atoms with Crippen LogP contribution in [0.15, 0.2) is 60.7 Å². The maximum absolute atomic E-state index is 9.78. The third-order valence-corrected chi connectivity index (χ3v) is 2.77. The molecule has 0 saturated carbocycles. The van der Waals surface area contributed by atoms with Gasteiger partial charge in [-0.2, -0.15) is 0 Å². The number of hydrogen-bond donors (Lipinski definition) is 1. The number of aromatic nitrogens is 1. The van der Waals surface area contributed by atoms with Crippen LogP contribution in [0.5, 0.6) is 5.75 Å². The van der Waals surface area contributed by atoms with Gasteiger partial charge in [-0.05, 0) is 12.1 Å². The van der Waals surface area contributed by atoms with Gasteiger partial charge in [0.1, 0.15) is 11.3 Å². The molecule has 0 amide bonds. The number of phenolic OH excluding ortho intramolecular Hbond substituents is 1. The predicted molar refractivity (Wildman–Crippen MR) is 77.4 cm³/mol. The first kappa shape index (κ1) is 13.0. The Hall–Kier alpha value is -1.43. The van der Waals surface area contributed by atoms with Crippen LogP contribution in [0.25, 0.3) is 22.2 Å². The number of pyridine rings is 1. The van der Waals surface area contributed by atoms with E-state index in [1.807, 2.05) is 54.6 Å². The van der Waals surface area contributed by atoms with E-state index in [-0.39, 0.29) is 33.0 Å². The topological polar surface area (TPSA) is 33.1 Å². The van der Waals surface area contributed by atoms with Gasteiger partial charge < -0.3 is 5.11 Å². The first-order valence-electron chi connectivity index (χ1n) is 5.49. The van der Waals surface area contributed by atoms with E-state index in [1.54, 1.807) is 6.07 Å². The van der Waals surface area contributed by atoms with Crippen LogP contribution in [0.3, 0.4) is 0 Å². The second kappa shape index (κ2) is 5.48. The molecule has 0 aliphatic carbocycles. The monoisotopic (exact) mass is 431 g/mol. The molecule has 88 valence electrons. The Morgan fingerprint density at radius 2 is 1.56 bits per heavy atom. The second-order valence-electron chi connectivity index (χ2n) is 3.91. The Morgan fingerprint density at radius 1 is 0.778 bits per heavy atom. The fourth-order valence-corrected chi connectivity index (χ4v) is 1.90. The summed E-state index contributed by atoms with van der Waals surface area (Å²) in [5.74, 6) is 0.222. The molecule has 0 atom stereocenters. The van der Waals surface area contributed by atoms with E-state index < -0.39 is 0 Å². The van der Waals surface area contributed by atoms with Crippen molar-refractivity contribution in [1.82, 2.24) is 4.98 Å². The first-order chi connectivity index (χ1) is 8.34. The fourth-order valence-electron chi connectivity index (χ4n) is 1.90. The summed E-state index contributed by atoms with van der Waals surface area (Å²) in [5, 5.41) is 10.7. The van der Waals surface area contributed by atoms with E-state index >= 15 is 0 Å². The molecule has 2 radical (unpaired) electrons. The van der Waals surface area contributed by atoms with Crippen molar-refractivity contribution in [3.05, 3.63) is 60.7 Å². The summed E-state index contributed by atoms with van der Waals surface area (Å²) in [6, 6.07) is 19.3. The van der Waals surface area contributed by atoms with Gasteiger partial charge in [0.15, 0.2) is 0 Å². The van der Waals surface area contributed by atoms with Crippen molar-refractivity contribution >= 4 is 38.2 Å². The van der Waals surface area contributed by atoms with Crippen LogP contribution >= 0.6 is 0 Å². The molecule has 2 aromatic carbocycles. The number of hydrogen-bond acceptors (Lipinski definition) is 2. The summed E-state index contributed by atoms with van der Waals surface area (Å²) in [4.78, 5) is 4.50.